The minimum atomic E-state index is -0.472. The monoisotopic (exact) mass is 210 g/mol. The number of hydrogen-bond donors (Lipinski definition) is 0. The fraction of sp³-hybridized carbons (Fsp3) is 0.818. The van der Waals surface area contributed by atoms with E-state index in [1.54, 1.807) is 4.90 Å². The SMILES string of the molecule is CCCC(C#N)C(=O)N1CCOC(C)C1. The fourth-order valence-electron chi connectivity index (χ4n) is 1.77. The van der Waals surface area contributed by atoms with Crippen molar-refractivity contribution in [2.45, 2.75) is 32.8 Å². The van der Waals surface area contributed by atoms with Gasteiger partial charge in [-0.2, -0.15) is 5.26 Å². The number of ether oxygens (including phenoxy) is 1. The van der Waals surface area contributed by atoms with Crippen molar-refractivity contribution in [1.29, 1.82) is 5.26 Å². The van der Waals surface area contributed by atoms with Crippen molar-refractivity contribution in [3.8, 4) is 6.07 Å². The average molecular weight is 210 g/mol. The summed E-state index contributed by atoms with van der Waals surface area (Å²) in [5.41, 5.74) is 0. The first-order valence-electron chi connectivity index (χ1n) is 5.49. The van der Waals surface area contributed by atoms with E-state index in [2.05, 4.69) is 6.07 Å². The van der Waals surface area contributed by atoms with Gasteiger partial charge in [0, 0.05) is 13.1 Å². The molecule has 0 bridgehead atoms. The van der Waals surface area contributed by atoms with Crippen LogP contribution in [0.25, 0.3) is 0 Å². The summed E-state index contributed by atoms with van der Waals surface area (Å²) in [4.78, 5) is 13.7. The molecule has 2 unspecified atom stereocenters. The molecule has 1 amide bonds. The third-order valence-electron chi connectivity index (χ3n) is 2.58. The summed E-state index contributed by atoms with van der Waals surface area (Å²) >= 11 is 0. The van der Waals surface area contributed by atoms with Crippen molar-refractivity contribution in [3.05, 3.63) is 0 Å². The van der Waals surface area contributed by atoms with Gasteiger partial charge in [0.05, 0.1) is 18.8 Å². The Morgan fingerprint density at radius 2 is 2.47 bits per heavy atom. The van der Waals surface area contributed by atoms with E-state index in [9.17, 15) is 4.79 Å². The van der Waals surface area contributed by atoms with Gasteiger partial charge in [-0.15, -0.1) is 0 Å². The smallest absolute Gasteiger partial charge is 0.240 e. The maximum Gasteiger partial charge on any atom is 0.240 e. The zero-order chi connectivity index (χ0) is 11.3. The van der Waals surface area contributed by atoms with Crippen molar-refractivity contribution in [2.75, 3.05) is 19.7 Å². The third kappa shape index (κ3) is 3.21. The van der Waals surface area contributed by atoms with Gasteiger partial charge in [-0.25, -0.2) is 0 Å². The van der Waals surface area contributed by atoms with Gasteiger partial charge in [-0.1, -0.05) is 13.3 Å². The highest BCUT2D eigenvalue weighted by Gasteiger charge is 2.27. The molecule has 1 fully saturated rings. The summed E-state index contributed by atoms with van der Waals surface area (Å²) in [6.07, 6.45) is 1.61. The van der Waals surface area contributed by atoms with Gasteiger partial charge in [-0.3, -0.25) is 4.79 Å². The molecule has 1 saturated heterocycles. The van der Waals surface area contributed by atoms with Gasteiger partial charge in [-0.05, 0) is 13.3 Å². The highest BCUT2D eigenvalue weighted by Crippen LogP contribution is 2.13. The quantitative estimate of drug-likeness (QED) is 0.702. The Labute approximate surface area is 90.8 Å². The van der Waals surface area contributed by atoms with Crippen LogP contribution < -0.4 is 0 Å². The highest BCUT2D eigenvalue weighted by atomic mass is 16.5. The number of hydrogen-bond acceptors (Lipinski definition) is 3. The predicted octanol–water partition coefficient (Wildman–Crippen LogP) is 1.17. The maximum atomic E-state index is 11.9. The lowest BCUT2D eigenvalue weighted by Crippen LogP contribution is -2.46. The van der Waals surface area contributed by atoms with Gasteiger partial charge >= 0.3 is 0 Å². The van der Waals surface area contributed by atoms with E-state index in [1.165, 1.54) is 0 Å². The number of carbonyl (C=O) groups excluding carboxylic acids is 1. The van der Waals surface area contributed by atoms with E-state index < -0.39 is 5.92 Å². The van der Waals surface area contributed by atoms with Gasteiger partial charge in [0.25, 0.3) is 0 Å². The van der Waals surface area contributed by atoms with Gasteiger partial charge in [0.2, 0.25) is 5.91 Å². The first-order valence-corrected chi connectivity index (χ1v) is 5.49. The molecule has 84 valence electrons. The summed E-state index contributed by atoms with van der Waals surface area (Å²) in [6, 6.07) is 2.08. The van der Waals surface area contributed by atoms with Crippen LogP contribution in [0, 0.1) is 17.2 Å². The Hall–Kier alpha value is -1.08. The molecule has 0 spiro atoms. The molecule has 1 aliphatic heterocycles. The van der Waals surface area contributed by atoms with Crippen LogP contribution in [-0.4, -0.2) is 36.6 Å². The molecule has 4 heteroatoms. The fourth-order valence-corrected chi connectivity index (χ4v) is 1.77. The number of nitrogens with zero attached hydrogens (tertiary/aromatic N) is 2. The molecule has 0 aromatic carbocycles. The van der Waals surface area contributed by atoms with Crippen molar-refractivity contribution < 1.29 is 9.53 Å². The van der Waals surface area contributed by atoms with E-state index in [1.807, 2.05) is 13.8 Å². The molecule has 1 aliphatic rings. The lowest BCUT2D eigenvalue weighted by Gasteiger charge is -2.32. The second kappa shape index (κ2) is 5.72. The largest absolute Gasteiger partial charge is 0.375 e. The van der Waals surface area contributed by atoms with E-state index in [0.29, 0.717) is 26.1 Å². The van der Waals surface area contributed by atoms with Crippen LogP contribution in [0.1, 0.15) is 26.7 Å². The summed E-state index contributed by atoms with van der Waals surface area (Å²) in [5, 5.41) is 8.90. The minimum Gasteiger partial charge on any atom is -0.375 e. The van der Waals surface area contributed by atoms with Crippen LogP contribution in [0.4, 0.5) is 0 Å². The Morgan fingerprint density at radius 1 is 1.73 bits per heavy atom. The molecule has 0 N–H and O–H groups in total. The standard InChI is InChI=1S/C11H18N2O2/c1-3-4-10(7-12)11(14)13-5-6-15-9(2)8-13/h9-10H,3-6,8H2,1-2H3. The molecule has 15 heavy (non-hydrogen) atoms. The van der Waals surface area contributed by atoms with Crippen LogP contribution >= 0.6 is 0 Å². The highest BCUT2D eigenvalue weighted by molar-refractivity contribution is 5.81. The van der Waals surface area contributed by atoms with Crippen LogP contribution in [0.3, 0.4) is 0 Å². The number of rotatable bonds is 3. The molecule has 0 aliphatic carbocycles. The lowest BCUT2D eigenvalue weighted by atomic mass is 10.0. The van der Waals surface area contributed by atoms with E-state index in [0.717, 1.165) is 6.42 Å². The van der Waals surface area contributed by atoms with Crippen LogP contribution in [0.15, 0.2) is 0 Å². The zero-order valence-corrected chi connectivity index (χ0v) is 9.40. The second-order valence-corrected chi connectivity index (χ2v) is 3.94. The molecule has 0 aromatic heterocycles. The molecule has 4 nitrogen and oxygen atoms in total. The topological polar surface area (TPSA) is 53.3 Å². The van der Waals surface area contributed by atoms with Gasteiger partial charge in [0.15, 0.2) is 0 Å². The maximum absolute atomic E-state index is 11.9. The summed E-state index contributed by atoms with van der Waals surface area (Å²) < 4.78 is 5.35. The molecule has 1 rings (SSSR count). The van der Waals surface area contributed by atoms with Crippen molar-refractivity contribution in [1.82, 2.24) is 4.90 Å². The predicted molar refractivity (Wildman–Crippen MR) is 56.0 cm³/mol. The average Bonchev–Trinajstić information content (AvgIpc) is 2.25. The number of amides is 1. The van der Waals surface area contributed by atoms with Crippen LogP contribution in [0.5, 0.6) is 0 Å². The van der Waals surface area contributed by atoms with Crippen molar-refractivity contribution in [2.24, 2.45) is 5.92 Å². The first-order chi connectivity index (χ1) is 7.19. The Morgan fingerprint density at radius 3 is 3.00 bits per heavy atom. The zero-order valence-electron chi connectivity index (χ0n) is 9.40. The number of morpholine rings is 1. The first kappa shape index (κ1) is 12.0. The number of nitriles is 1. The van der Waals surface area contributed by atoms with Gasteiger partial charge in [0.1, 0.15) is 5.92 Å². The molecule has 2 atom stereocenters. The summed E-state index contributed by atoms with van der Waals surface area (Å²) in [7, 11) is 0. The minimum absolute atomic E-state index is 0.0329. The molecule has 0 radical (unpaired) electrons. The molecule has 1 heterocycles. The Kier molecular flexibility index (Phi) is 4.57. The van der Waals surface area contributed by atoms with E-state index in [4.69, 9.17) is 10.00 Å². The summed E-state index contributed by atoms with van der Waals surface area (Å²) in [5.74, 6) is -0.505. The van der Waals surface area contributed by atoms with Crippen molar-refractivity contribution in [3.63, 3.8) is 0 Å². The van der Waals surface area contributed by atoms with Crippen LogP contribution in [0.2, 0.25) is 0 Å². The summed E-state index contributed by atoms with van der Waals surface area (Å²) in [6.45, 7) is 5.74. The third-order valence-corrected chi connectivity index (χ3v) is 2.58. The van der Waals surface area contributed by atoms with Gasteiger partial charge < -0.3 is 9.64 Å². The van der Waals surface area contributed by atoms with Crippen LogP contribution in [-0.2, 0) is 9.53 Å². The van der Waals surface area contributed by atoms with E-state index in [-0.39, 0.29) is 12.0 Å². The molecular formula is C11H18N2O2. The van der Waals surface area contributed by atoms with Crippen molar-refractivity contribution >= 4 is 5.91 Å². The Bertz CT molecular complexity index is 260. The normalized spacial score (nSPS) is 23.3. The molecular weight excluding hydrogens is 192 g/mol. The molecule has 0 saturated carbocycles. The number of carbonyl (C=O) groups is 1. The second-order valence-electron chi connectivity index (χ2n) is 3.94. The lowest BCUT2D eigenvalue weighted by molar-refractivity contribution is -0.140. The van der Waals surface area contributed by atoms with E-state index >= 15 is 0 Å². The Balaban J connectivity index is 2.54. The molecule has 0 aromatic rings.